The molecule has 3 N–H and O–H groups in total. The molecule has 1 atom stereocenters. The van der Waals surface area contributed by atoms with Gasteiger partial charge in [-0.3, -0.25) is 14.6 Å². The second-order valence-electron chi connectivity index (χ2n) is 11.5. The SMILES string of the molecule is COc1c(Cl)cc(F)cc1Nc1c(-c2ccncc2C#C[C@H]2N(C(=O)/C=C/CN(C)C)CC2(C)C)[nH]c2c1C(=O)NCC2. The van der Waals surface area contributed by atoms with Gasteiger partial charge in [-0.2, -0.15) is 0 Å². The number of ether oxygens (including phenoxy) is 1. The minimum atomic E-state index is -0.557. The average molecular weight is 605 g/mol. The maximum absolute atomic E-state index is 14.4. The zero-order chi connectivity index (χ0) is 30.9. The van der Waals surface area contributed by atoms with Crippen molar-refractivity contribution in [3.63, 3.8) is 0 Å². The smallest absolute Gasteiger partial charge is 0.255 e. The fourth-order valence-corrected chi connectivity index (χ4v) is 5.71. The number of aromatic nitrogens is 2. The third-order valence-electron chi connectivity index (χ3n) is 7.52. The lowest BCUT2D eigenvalue weighted by Crippen LogP contribution is -2.62. The zero-order valence-electron chi connectivity index (χ0n) is 24.8. The molecule has 0 unspecified atom stereocenters. The van der Waals surface area contributed by atoms with Crippen LogP contribution in [0.25, 0.3) is 11.3 Å². The van der Waals surface area contributed by atoms with E-state index in [-0.39, 0.29) is 39.7 Å². The van der Waals surface area contributed by atoms with Gasteiger partial charge in [0.1, 0.15) is 11.9 Å². The number of nitrogens with zero attached hydrogens (tertiary/aromatic N) is 3. The van der Waals surface area contributed by atoms with Crippen LogP contribution >= 0.6 is 11.6 Å². The van der Waals surface area contributed by atoms with Crippen molar-refractivity contribution in [3.05, 3.63) is 70.4 Å². The number of aromatic amines is 1. The minimum Gasteiger partial charge on any atom is -0.493 e. The number of likely N-dealkylation sites (tertiary alicyclic amines) is 1. The van der Waals surface area contributed by atoms with Gasteiger partial charge in [0.25, 0.3) is 5.91 Å². The Bertz CT molecular complexity index is 1670. The molecular formula is C32H34ClFN6O3. The van der Waals surface area contributed by atoms with E-state index in [0.29, 0.717) is 54.1 Å². The molecule has 43 heavy (non-hydrogen) atoms. The van der Waals surface area contributed by atoms with Crippen molar-refractivity contribution in [1.29, 1.82) is 0 Å². The van der Waals surface area contributed by atoms with Gasteiger partial charge in [-0.05, 0) is 26.2 Å². The monoisotopic (exact) mass is 604 g/mol. The van der Waals surface area contributed by atoms with E-state index >= 15 is 0 Å². The Kier molecular flexibility index (Phi) is 8.49. The quantitative estimate of drug-likeness (QED) is 0.269. The molecule has 224 valence electrons. The number of carbonyl (C=O) groups is 2. The topological polar surface area (TPSA) is 103 Å². The predicted molar refractivity (Wildman–Crippen MR) is 165 cm³/mol. The number of methoxy groups -OCH3 is 1. The predicted octanol–water partition coefficient (Wildman–Crippen LogP) is 4.61. The van der Waals surface area contributed by atoms with E-state index in [1.54, 1.807) is 29.4 Å². The lowest BCUT2D eigenvalue weighted by atomic mass is 9.75. The number of halogens is 2. The number of benzene rings is 1. The fraction of sp³-hybridized carbons (Fsp3) is 0.344. The molecule has 2 aliphatic rings. The molecule has 5 rings (SSSR count). The van der Waals surface area contributed by atoms with E-state index in [1.165, 1.54) is 13.2 Å². The van der Waals surface area contributed by atoms with Gasteiger partial charge in [0, 0.05) is 67.3 Å². The summed E-state index contributed by atoms with van der Waals surface area (Å²) in [6, 6.07) is 3.94. The largest absolute Gasteiger partial charge is 0.493 e. The van der Waals surface area contributed by atoms with Crippen molar-refractivity contribution in [3.8, 4) is 28.8 Å². The second-order valence-corrected chi connectivity index (χ2v) is 11.9. The van der Waals surface area contributed by atoms with Crippen molar-refractivity contribution >= 4 is 34.8 Å². The van der Waals surface area contributed by atoms with Gasteiger partial charge < -0.3 is 30.2 Å². The van der Waals surface area contributed by atoms with Crippen molar-refractivity contribution < 1.29 is 18.7 Å². The summed E-state index contributed by atoms with van der Waals surface area (Å²) in [7, 11) is 5.33. The van der Waals surface area contributed by atoms with Crippen LogP contribution in [0.1, 0.15) is 35.5 Å². The second kappa shape index (κ2) is 12.1. The molecule has 2 amide bonds. The molecule has 0 spiro atoms. The van der Waals surface area contributed by atoms with Gasteiger partial charge in [0.15, 0.2) is 5.75 Å². The Morgan fingerprint density at radius 1 is 1.37 bits per heavy atom. The number of nitrogens with one attached hydrogen (secondary N) is 3. The number of fused-ring (bicyclic) bond motifs is 1. The van der Waals surface area contributed by atoms with E-state index in [1.807, 2.05) is 25.1 Å². The fourth-order valence-electron chi connectivity index (χ4n) is 5.42. The Labute approximate surface area is 255 Å². The number of rotatable bonds is 7. The van der Waals surface area contributed by atoms with Crippen LogP contribution < -0.4 is 15.4 Å². The number of hydrogen-bond acceptors (Lipinski definition) is 6. The highest BCUT2D eigenvalue weighted by Gasteiger charge is 2.46. The molecule has 1 saturated heterocycles. The first-order valence-electron chi connectivity index (χ1n) is 13.9. The van der Waals surface area contributed by atoms with Gasteiger partial charge in [-0.1, -0.05) is 43.4 Å². The number of hydrogen-bond donors (Lipinski definition) is 3. The van der Waals surface area contributed by atoms with E-state index in [2.05, 4.69) is 46.3 Å². The van der Waals surface area contributed by atoms with Gasteiger partial charge in [0.2, 0.25) is 5.91 Å². The van der Waals surface area contributed by atoms with Crippen LogP contribution in [0.2, 0.25) is 5.02 Å². The molecule has 0 radical (unpaired) electrons. The molecule has 1 aromatic carbocycles. The standard InChI is InChI=1S/C32H34ClFN6O3/c1-32(2)18-40(26(41)7-6-14-39(3)4)25(32)9-8-19-17-35-12-10-21(19)28-29(27-23(37-28)11-13-36-31(27)42)38-24-16-20(34)15-22(33)30(24)43-5/h6-7,10,12,15-17,25,37-38H,11,13-14,18H2,1-5H3,(H,36,42)/b7-6+/t25-/m1/s1. The van der Waals surface area contributed by atoms with Crippen molar-refractivity contribution in [2.45, 2.75) is 26.3 Å². The number of carbonyl (C=O) groups excluding carboxylic acids is 2. The Hall–Kier alpha value is -4.33. The number of amides is 2. The van der Waals surface area contributed by atoms with Crippen LogP contribution in [0.15, 0.2) is 42.7 Å². The van der Waals surface area contributed by atoms with E-state index in [4.69, 9.17) is 16.3 Å². The lowest BCUT2D eigenvalue weighted by molar-refractivity contribution is -0.140. The minimum absolute atomic E-state index is 0.0795. The summed E-state index contributed by atoms with van der Waals surface area (Å²) >= 11 is 6.27. The maximum atomic E-state index is 14.4. The highest BCUT2D eigenvalue weighted by molar-refractivity contribution is 6.32. The number of anilines is 2. The summed E-state index contributed by atoms with van der Waals surface area (Å²) in [5.74, 6) is 5.91. The van der Waals surface area contributed by atoms with Crippen LogP contribution in [0.3, 0.4) is 0 Å². The molecule has 11 heteroatoms. The molecule has 0 saturated carbocycles. The first-order chi connectivity index (χ1) is 20.5. The van der Waals surface area contributed by atoms with Gasteiger partial charge >= 0.3 is 0 Å². The lowest BCUT2D eigenvalue weighted by Gasteiger charge is -2.51. The molecular weight excluding hydrogens is 571 g/mol. The summed E-state index contributed by atoms with van der Waals surface area (Å²) in [6.45, 7) is 5.91. The molecule has 2 aliphatic heterocycles. The number of H-pyrrole nitrogens is 1. The molecule has 1 fully saturated rings. The summed E-state index contributed by atoms with van der Waals surface area (Å²) in [5.41, 5.74) is 3.55. The van der Waals surface area contributed by atoms with E-state index < -0.39 is 5.82 Å². The summed E-state index contributed by atoms with van der Waals surface area (Å²) < 4.78 is 19.9. The highest BCUT2D eigenvalue weighted by atomic mass is 35.5. The Morgan fingerprint density at radius 2 is 2.16 bits per heavy atom. The van der Waals surface area contributed by atoms with Gasteiger partial charge in [0.05, 0.1) is 40.3 Å². The van der Waals surface area contributed by atoms with Crippen molar-refractivity contribution in [2.75, 3.05) is 46.2 Å². The zero-order valence-corrected chi connectivity index (χ0v) is 25.5. The first-order valence-corrected chi connectivity index (χ1v) is 14.3. The first kappa shape index (κ1) is 30.1. The molecule has 3 aromatic rings. The highest BCUT2D eigenvalue weighted by Crippen LogP contribution is 2.42. The summed E-state index contributed by atoms with van der Waals surface area (Å²) in [5, 5.41) is 6.19. The van der Waals surface area contributed by atoms with Crippen molar-refractivity contribution in [2.24, 2.45) is 5.41 Å². The van der Waals surface area contributed by atoms with Crippen LogP contribution in [-0.2, 0) is 11.2 Å². The molecule has 9 nitrogen and oxygen atoms in total. The number of likely N-dealkylation sites (N-methyl/N-ethyl adjacent to an activating group) is 1. The summed E-state index contributed by atoms with van der Waals surface area (Å²) in [4.78, 5) is 37.4. The van der Waals surface area contributed by atoms with Gasteiger partial charge in [-0.15, -0.1) is 0 Å². The third-order valence-corrected chi connectivity index (χ3v) is 7.80. The normalized spacial score (nSPS) is 17.2. The third kappa shape index (κ3) is 6.10. The molecule has 0 bridgehead atoms. The maximum Gasteiger partial charge on any atom is 0.255 e. The van der Waals surface area contributed by atoms with E-state index in [0.717, 1.165) is 11.8 Å². The van der Waals surface area contributed by atoms with E-state index in [9.17, 15) is 14.0 Å². The molecule has 4 heterocycles. The van der Waals surface area contributed by atoms with Crippen LogP contribution in [0, 0.1) is 23.1 Å². The van der Waals surface area contributed by atoms with Crippen LogP contribution in [-0.4, -0.2) is 78.5 Å². The van der Waals surface area contributed by atoms with Crippen molar-refractivity contribution in [1.82, 2.24) is 25.1 Å². The van der Waals surface area contributed by atoms with Crippen LogP contribution in [0.4, 0.5) is 15.8 Å². The summed E-state index contributed by atoms with van der Waals surface area (Å²) in [6.07, 6.45) is 7.31. The van der Waals surface area contributed by atoms with Gasteiger partial charge in [-0.25, -0.2) is 4.39 Å². The average Bonchev–Trinajstić information content (AvgIpc) is 3.31. The Balaban J connectivity index is 1.55. The Morgan fingerprint density at radius 3 is 2.88 bits per heavy atom. The van der Waals surface area contributed by atoms with Crippen LogP contribution in [0.5, 0.6) is 5.75 Å². The molecule has 2 aromatic heterocycles. The molecule has 0 aliphatic carbocycles. The number of pyridine rings is 1.